The predicted octanol–water partition coefficient (Wildman–Crippen LogP) is 2.44. The normalized spacial score (nSPS) is 10.8. The van der Waals surface area contributed by atoms with Crippen molar-refractivity contribution in [3.63, 3.8) is 0 Å². The van der Waals surface area contributed by atoms with Crippen LogP contribution in [0.4, 0.5) is 5.95 Å². The Morgan fingerprint density at radius 3 is 2.68 bits per heavy atom. The topological polar surface area (TPSA) is 126 Å². The first kappa shape index (κ1) is 22.0. The van der Waals surface area contributed by atoms with E-state index in [0.29, 0.717) is 28.0 Å². The van der Waals surface area contributed by atoms with E-state index in [1.807, 2.05) is 6.07 Å². The molecule has 0 saturated heterocycles. The minimum absolute atomic E-state index is 0.0760. The van der Waals surface area contributed by atoms with Crippen LogP contribution >= 0.6 is 11.8 Å². The zero-order chi connectivity index (χ0) is 22.2. The zero-order valence-electron chi connectivity index (χ0n) is 17.2. The highest BCUT2D eigenvalue weighted by Gasteiger charge is 2.13. The van der Waals surface area contributed by atoms with Gasteiger partial charge in [-0.2, -0.15) is 5.10 Å². The Labute approximate surface area is 183 Å². The van der Waals surface area contributed by atoms with Crippen molar-refractivity contribution in [1.82, 2.24) is 14.9 Å². The molecule has 0 amide bonds. The molecule has 3 rings (SSSR count). The Balaban J connectivity index is 1.60. The molecule has 0 spiro atoms. The number of ketones is 1. The number of rotatable bonds is 10. The number of methoxy groups -OCH3 is 3. The Morgan fingerprint density at radius 1 is 1.13 bits per heavy atom. The van der Waals surface area contributed by atoms with Crippen LogP contribution in [0.1, 0.15) is 15.9 Å². The molecule has 0 aliphatic rings. The lowest BCUT2D eigenvalue weighted by molar-refractivity contribution is 0.102. The highest BCUT2D eigenvalue weighted by Crippen LogP contribution is 2.27. The molecule has 0 radical (unpaired) electrons. The number of nitrogens with one attached hydrogen (secondary N) is 1. The fraction of sp³-hybridized carbons (Fsp3) is 0.200. The SMILES string of the molecule is COc1cccc(C(=O)CSc2nnc(N/N=C/c3ccc(OC)c(OC)c3)n2N)c1. The average molecular weight is 443 g/mol. The Hall–Kier alpha value is -3.73. The van der Waals surface area contributed by atoms with Crippen molar-refractivity contribution in [2.45, 2.75) is 5.16 Å². The maximum Gasteiger partial charge on any atom is 0.264 e. The number of nitrogen functional groups attached to an aromatic ring is 1. The molecule has 0 saturated carbocycles. The number of thioether (sulfide) groups is 1. The summed E-state index contributed by atoms with van der Waals surface area (Å²) >= 11 is 1.17. The van der Waals surface area contributed by atoms with E-state index in [1.165, 1.54) is 16.4 Å². The summed E-state index contributed by atoms with van der Waals surface area (Å²) in [4.78, 5) is 12.4. The lowest BCUT2D eigenvalue weighted by Crippen LogP contribution is -2.14. The monoisotopic (exact) mass is 442 g/mol. The van der Waals surface area contributed by atoms with Gasteiger partial charge in [0.1, 0.15) is 5.75 Å². The van der Waals surface area contributed by atoms with Gasteiger partial charge in [-0.25, -0.2) is 10.1 Å². The van der Waals surface area contributed by atoms with Gasteiger partial charge in [0.05, 0.1) is 33.3 Å². The fourth-order valence-electron chi connectivity index (χ4n) is 2.56. The van der Waals surface area contributed by atoms with Crippen molar-refractivity contribution in [1.29, 1.82) is 0 Å². The number of hydrazone groups is 1. The van der Waals surface area contributed by atoms with Crippen LogP contribution < -0.4 is 25.5 Å². The van der Waals surface area contributed by atoms with Crippen molar-refractivity contribution < 1.29 is 19.0 Å². The van der Waals surface area contributed by atoms with Crippen molar-refractivity contribution >= 4 is 29.7 Å². The first-order valence-electron chi connectivity index (χ1n) is 9.07. The first-order valence-corrected chi connectivity index (χ1v) is 10.1. The molecule has 0 unspecified atom stereocenters. The van der Waals surface area contributed by atoms with Gasteiger partial charge in [0, 0.05) is 5.56 Å². The smallest absolute Gasteiger partial charge is 0.264 e. The minimum atomic E-state index is -0.0760. The molecule has 1 heterocycles. The quantitative estimate of drug-likeness (QED) is 0.160. The molecule has 0 aliphatic carbocycles. The fourth-order valence-corrected chi connectivity index (χ4v) is 3.31. The zero-order valence-corrected chi connectivity index (χ0v) is 18.0. The van der Waals surface area contributed by atoms with Crippen molar-refractivity contribution in [2.75, 3.05) is 38.4 Å². The maximum atomic E-state index is 12.4. The average Bonchev–Trinajstić information content (AvgIpc) is 3.16. The summed E-state index contributed by atoms with van der Waals surface area (Å²) in [6, 6.07) is 12.3. The van der Waals surface area contributed by atoms with Crippen LogP contribution in [0.25, 0.3) is 0 Å². The molecule has 0 atom stereocenters. The van der Waals surface area contributed by atoms with E-state index in [-0.39, 0.29) is 17.5 Å². The number of ether oxygens (including phenoxy) is 3. The van der Waals surface area contributed by atoms with E-state index in [0.717, 1.165) is 5.56 Å². The van der Waals surface area contributed by atoms with E-state index >= 15 is 0 Å². The minimum Gasteiger partial charge on any atom is -0.497 e. The lowest BCUT2D eigenvalue weighted by Gasteiger charge is -2.07. The number of carbonyl (C=O) groups is 1. The van der Waals surface area contributed by atoms with Gasteiger partial charge in [-0.3, -0.25) is 4.79 Å². The Bertz CT molecular complexity index is 1090. The van der Waals surface area contributed by atoms with Gasteiger partial charge in [0.15, 0.2) is 17.3 Å². The number of benzene rings is 2. The van der Waals surface area contributed by atoms with Gasteiger partial charge < -0.3 is 20.1 Å². The molecule has 1 aromatic heterocycles. The van der Waals surface area contributed by atoms with E-state index in [9.17, 15) is 4.79 Å². The third-order valence-corrected chi connectivity index (χ3v) is 5.12. The molecule has 10 nitrogen and oxygen atoms in total. The van der Waals surface area contributed by atoms with Crippen LogP contribution in [0.3, 0.4) is 0 Å². The molecule has 31 heavy (non-hydrogen) atoms. The number of nitrogens with zero attached hydrogens (tertiary/aromatic N) is 4. The number of aromatic nitrogens is 3. The summed E-state index contributed by atoms with van der Waals surface area (Å²) in [5.74, 6) is 8.14. The molecule has 0 bridgehead atoms. The number of nitrogens with two attached hydrogens (primary N) is 1. The van der Waals surface area contributed by atoms with Crippen LogP contribution in [-0.4, -0.2) is 54.0 Å². The number of carbonyl (C=O) groups excluding carboxylic acids is 1. The summed E-state index contributed by atoms with van der Waals surface area (Å²) in [6.45, 7) is 0. The maximum absolute atomic E-state index is 12.4. The van der Waals surface area contributed by atoms with Crippen LogP contribution in [0.15, 0.2) is 52.7 Å². The van der Waals surface area contributed by atoms with Gasteiger partial charge in [0.25, 0.3) is 5.95 Å². The molecule has 11 heteroatoms. The number of hydrogen-bond donors (Lipinski definition) is 2. The highest BCUT2D eigenvalue weighted by molar-refractivity contribution is 7.99. The molecular weight excluding hydrogens is 420 g/mol. The van der Waals surface area contributed by atoms with Gasteiger partial charge in [-0.1, -0.05) is 23.9 Å². The van der Waals surface area contributed by atoms with Gasteiger partial charge in [-0.05, 0) is 35.9 Å². The van der Waals surface area contributed by atoms with E-state index in [4.69, 9.17) is 20.1 Å². The van der Waals surface area contributed by atoms with Crippen molar-refractivity contribution in [3.05, 3.63) is 53.6 Å². The molecule has 0 aliphatic heterocycles. The second kappa shape index (κ2) is 10.3. The predicted molar refractivity (Wildman–Crippen MR) is 119 cm³/mol. The summed E-state index contributed by atoms with van der Waals surface area (Å²) in [5, 5.41) is 12.4. The first-order chi connectivity index (χ1) is 15.0. The molecule has 0 fully saturated rings. The largest absolute Gasteiger partial charge is 0.497 e. The van der Waals surface area contributed by atoms with E-state index in [2.05, 4.69) is 20.7 Å². The lowest BCUT2D eigenvalue weighted by atomic mass is 10.1. The third-order valence-electron chi connectivity index (χ3n) is 4.17. The van der Waals surface area contributed by atoms with E-state index < -0.39 is 0 Å². The van der Waals surface area contributed by atoms with Gasteiger partial charge in [-0.15, -0.1) is 10.2 Å². The third kappa shape index (κ3) is 5.45. The Kier molecular flexibility index (Phi) is 7.33. The number of hydrogen-bond acceptors (Lipinski definition) is 10. The summed E-state index contributed by atoms with van der Waals surface area (Å²) in [5.41, 5.74) is 4.06. The van der Waals surface area contributed by atoms with Gasteiger partial charge >= 0.3 is 0 Å². The second-order valence-electron chi connectivity index (χ2n) is 6.10. The summed E-state index contributed by atoms with van der Waals surface area (Å²) in [7, 11) is 4.69. The molecule has 3 N–H and O–H groups in total. The number of anilines is 1. The van der Waals surface area contributed by atoms with Crippen LogP contribution in [0, 0.1) is 0 Å². The van der Waals surface area contributed by atoms with Crippen LogP contribution in [-0.2, 0) is 0 Å². The van der Waals surface area contributed by atoms with Crippen LogP contribution in [0.2, 0.25) is 0 Å². The van der Waals surface area contributed by atoms with E-state index in [1.54, 1.807) is 63.9 Å². The van der Waals surface area contributed by atoms with Gasteiger partial charge in [0.2, 0.25) is 5.16 Å². The van der Waals surface area contributed by atoms with Crippen molar-refractivity contribution in [2.24, 2.45) is 5.10 Å². The summed E-state index contributed by atoms with van der Waals surface area (Å²) < 4.78 is 16.8. The molecule has 162 valence electrons. The Morgan fingerprint density at radius 2 is 1.94 bits per heavy atom. The molecule has 3 aromatic rings. The highest BCUT2D eigenvalue weighted by atomic mass is 32.2. The standard InChI is InChI=1S/C20H22N6O4S/c1-28-15-6-4-5-14(10-15)16(27)12-31-20-25-24-19(26(20)21)23-22-11-13-7-8-17(29-2)18(9-13)30-3/h4-11H,12,21H2,1-3H3,(H,23,24)/b22-11+. The summed E-state index contributed by atoms with van der Waals surface area (Å²) in [6.07, 6.45) is 1.58. The number of Topliss-reactive ketones (excluding diaryl/α,β-unsaturated/α-hetero) is 1. The molecule has 2 aromatic carbocycles. The van der Waals surface area contributed by atoms with Crippen molar-refractivity contribution in [3.8, 4) is 17.2 Å². The molecular formula is C20H22N6O4S. The second-order valence-corrected chi connectivity index (χ2v) is 7.05. The van der Waals surface area contributed by atoms with Crippen LogP contribution in [0.5, 0.6) is 17.2 Å².